The van der Waals surface area contributed by atoms with Gasteiger partial charge in [0.2, 0.25) is 5.91 Å². The van der Waals surface area contributed by atoms with E-state index in [1.54, 1.807) is 6.20 Å². The minimum Gasteiger partial charge on any atom is -0.494 e. The molecule has 0 unspecified atom stereocenters. The van der Waals surface area contributed by atoms with Gasteiger partial charge in [-0.3, -0.25) is 9.78 Å². The number of hydrogen-bond acceptors (Lipinski definition) is 6. The summed E-state index contributed by atoms with van der Waals surface area (Å²) in [5.41, 5.74) is 1.51. The second-order valence-corrected chi connectivity index (χ2v) is 6.91. The van der Waals surface area contributed by atoms with Gasteiger partial charge in [0, 0.05) is 18.4 Å². The molecule has 3 rings (SSSR count). The third kappa shape index (κ3) is 5.10. The number of rotatable bonds is 9. The molecule has 0 aliphatic heterocycles. The van der Waals surface area contributed by atoms with Gasteiger partial charge in [-0.2, -0.15) is 0 Å². The Hall–Kier alpha value is -2.87. The highest BCUT2D eigenvalue weighted by molar-refractivity contribution is 7.99. The highest BCUT2D eigenvalue weighted by Gasteiger charge is 2.16. The second-order valence-electron chi connectivity index (χ2n) is 5.97. The Labute approximate surface area is 168 Å². The predicted molar refractivity (Wildman–Crippen MR) is 111 cm³/mol. The first kappa shape index (κ1) is 19.9. The van der Waals surface area contributed by atoms with Gasteiger partial charge in [-0.05, 0) is 49.7 Å². The molecule has 1 amide bonds. The monoisotopic (exact) mass is 397 g/mol. The molecular weight excluding hydrogens is 374 g/mol. The van der Waals surface area contributed by atoms with Gasteiger partial charge in [-0.25, -0.2) is 0 Å². The van der Waals surface area contributed by atoms with Crippen molar-refractivity contribution in [1.29, 1.82) is 0 Å². The number of thioether (sulfide) groups is 1. The van der Waals surface area contributed by atoms with Crippen LogP contribution in [0.15, 0.2) is 53.8 Å². The van der Waals surface area contributed by atoms with Crippen LogP contribution in [0.5, 0.6) is 5.75 Å². The number of ether oxygens (including phenoxy) is 1. The van der Waals surface area contributed by atoms with Crippen molar-refractivity contribution in [2.75, 3.05) is 17.7 Å². The zero-order valence-electron chi connectivity index (χ0n) is 16.0. The van der Waals surface area contributed by atoms with E-state index in [2.05, 4.69) is 27.4 Å². The molecule has 1 aromatic carbocycles. The van der Waals surface area contributed by atoms with Gasteiger partial charge in [0.15, 0.2) is 11.0 Å². The second kappa shape index (κ2) is 9.89. The van der Waals surface area contributed by atoms with Crippen LogP contribution >= 0.6 is 11.8 Å². The molecule has 2 heterocycles. The maximum atomic E-state index is 12.3. The molecule has 8 heteroatoms. The maximum Gasteiger partial charge on any atom is 0.234 e. The Kier molecular flexibility index (Phi) is 7.02. The van der Waals surface area contributed by atoms with E-state index >= 15 is 0 Å². The van der Waals surface area contributed by atoms with Gasteiger partial charge in [-0.15, -0.1) is 10.2 Å². The largest absolute Gasteiger partial charge is 0.494 e. The van der Waals surface area contributed by atoms with E-state index in [1.807, 2.05) is 54.0 Å². The average Bonchev–Trinajstić information content (AvgIpc) is 3.12. The van der Waals surface area contributed by atoms with Gasteiger partial charge < -0.3 is 14.6 Å². The zero-order valence-corrected chi connectivity index (χ0v) is 16.8. The fourth-order valence-electron chi connectivity index (χ4n) is 2.63. The lowest BCUT2D eigenvalue weighted by molar-refractivity contribution is -0.113. The highest BCUT2D eigenvalue weighted by Crippen LogP contribution is 2.23. The third-order valence-corrected chi connectivity index (χ3v) is 4.81. The first-order valence-electron chi connectivity index (χ1n) is 9.21. The van der Waals surface area contributed by atoms with Crippen molar-refractivity contribution in [3.8, 4) is 17.3 Å². The Morgan fingerprint density at radius 2 is 1.96 bits per heavy atom. The standard InChI is InChI=1S/C20H23N5O2S/c1-3-13-25-19(17-7-5-6-12-21-17)23-24-20(25)28-14-18(26)22-15-8-10-16(11-9-15)27-4-2/h5-12H,3-4,13-14H2,1-2H3,(H,22,26). The summed E-state index contributed by atoms with van der Waals surface area (Å²) >= 11 is 1.37. The van der Waals surface area contributed by atoms with Crippen molar-refractivity contribution in [1.82, 2.24) is 19.7 Å². The lowest BCUT2D eigenvalue weighted by Crippen LogP contribution is -2.14. The van der Waals surface area contributed by atoms with Crippen molar-refractivity contribution >= 4 is 23.4 Å². The number of carbonyl (C=O) groups is 1. The normalized spacial score (nSPS) is 10.6. The molecule has 7 nitrogen and oxygen atoms in total. The first-order chi connectivity index (χ1) is 13.7. The Morgan fingerprint density at radius 3 is 2.64 bits per heavy atom. The summed E-state index contributed by atoms with van der Waals surface area (Å²) in [6.45, 7) is 5.40. The number of carbonyl (C=O) groups excluding carboxylic acids is 1. The van der Waals surface area contributed by atoms with Crippen molar-refractivity contribution in [3.63, 3.8) is 0 Å². The number of benzene rings is 1. The number of hydrogen-bond donors (Lipinski definition) is 1. The van der Waals surface area contributed by atoms with Crippen LogP contribution in [0.3, 0.4) is 0 Å². The van der Waals surface area contributed by atoms with E-state index in [0.717, 1.165) is 35.9 Å². The fourth-order valence-corrected chi connectivity index (χ4v) is 3.40. The zero-order chi connectivity index (χ0) is 19.8. The molecule has 28 heavy (non-hydrogen) atoms. The minimum absolute atomic E-state index is 0.0976. The van der Waals surface area contributed by atoms with Crippen LogP contribution in [0, 0.1) is 0 Å². The van der Waals surface area contributed by atoms with Crippen LogP contribution in [0.25, 0.3) is 11.5 Å². The molecule has 3 aromatic rings. The average molecular weight is 398 g/mol. The van der Waals surface area contributed by atoms with Crippen LogP contribution < -0.4 is 10.1 Å². The Morgan fingerprint density at radius 1 is 1.14 bits per heavy atom. The number of pyridine rings is 1. The van der Waals surface area contributed by atoms with E-state index in [4.69, 9.17) is 4.74 Å². The van der Waals surface area contributed by atoms with Gasteiger partial charge in [0.1, 0.15) is 11.4 Å². The molecule has 0 fully saturated rings. The van der Waals surface area contributed by atoms with E-state index in [-0.39, 0.29) is 11.7 Å². The van der Waals surface area contributed by atoms with Crippen molar-refractivity contribution in [3.05, 3.63) is 48.7 Å². The molecular formula is C20H23N5O2S. The number of anilines is 1. The predicted octanol–water partition coefficient (Wildman–Crippen LogP) is 3.88. The molecule has 0 aliphatic rings. The van der Waals surface area contributed by atoms with E-state index in [1.165, 1.54) is 11.8 Å². The summed E-state index contributed by atoms with van der Waals surface area (Å²) in [5.74, 6) is 1.65. The van der Waals surface area contributed by atoms with E-state index in [9.17, 15) is 4.79 Å². The summed E-state index contributed by atoms with van der Waals surface area (Å²) < 4.78 is 7.42. The van der Waals surface area contributed by atoms with Crippen molar-refractivity contribution in [2.24, 2.45) is 0 Å². The molecule has 0 bridgehead atoms. The number of amides is 1. The summed E-state index contributed by atoms with van der Waals surface area (Å²) in [6, 6.07) is 13.0. The third-order valence-electron chi connectivity index (χ3n) is 3.84. The van der Waals surface area contributed by atoms with Crippen LogP contribution in [-0.2, 0) is 11.3 Å². The Bertz CT molecular complexity index is 897. The molecule has 0 spiro atoms. The van der Waals surface area contributed by atoms with Gasteiger partial charge in [0.05, 0.1) is 12.4 Å². The Balaban J connectivity index is 1.63. The van der Waals surface area contributed by atoms with Gasteiger partial charge in [0.25, 0.3) is 0 Å². The quantitative estimate of drug-likeness (QED) is 0.552. The maximum absolute atomic E-state index is 12.3. The highest BCUT2D eigenvalue weighted by atomic mass is 32.2. The molecule has 0 saturated heterocycles. The number of nitrogens with zero attached hydrogens (tertiary/aromatic N) is 4. The molecule has 146 valence electrons. The van der Waals surface area contributed by atoms with Gasteiger partial charge in [-0.1, -0.05) is 24.8 Å². The van der Waals surface area contributed by atoms with Gasteiger partial charge >= 0.3 is 0 Å². The van der Waals surface area contributed by atoms with Crippen LogP contribution in [0.1, 0.15) is 20.3 Å². The number of nitrogens with one attached hydrogen (secondary N) is 1. The lowest BCUT2D eigenvalue weighted by atomic mass is 10.3. The van der Waals surface area contributed by atoms with Crippen LogP contribution in [-0.4, -0.2) is 38.0 Å². The summed E-state index contributed by atoms with van der Waals surface area (Å²) in [4.78, 5) is 16.7. The summed E-state index contributed by atoms with van der Waals surface area (Å²) in [7, 11) is 0. The van der Waals surface area contributed by atoms with E-state index in [0.29, 0.717) is 11.8 Å². The SMILES string of the molecule is CCCn1c(SCC(=O)Nc2ccc(OCC)cc2)nnc1-c1ccccn1. The first-order valence-corrected chi connectivity index (χ1v) is 10.2. The molecule has 0 aliphatic carbocycles. The molecule has 1 N–H and O–H groups in total. The lowest BCUT2D eigenvalue weighted by Gasteiger charge is -2.09. The summed E-state index contributed by atoms with van der Waals surface area (Å²) in [5, 5.41) is 12.1. The molecule has 2 aromatic heterocycles. The minimum atomic E-state index is -0.0976. The van der Waals surface area contributed by atoms with Crippen LogP contribution in [0.4, 0.5) is 5.69 Å². The molecule has 0 saturated carbocycles. The topological polar surface area (TPSA) is 81.9 Å². The smallest absolute Gasteiger partial charge is 0.234 e. The molecule has 0 radical (unpaired) electrons. The van der Waals surface area contributed by atoms with Crippen molar-refractivity contribution in [2.45, 2.75) is 32.0 Å². The van der Waals surface area contributed by atoms with Crippen molar-refractivity contribution < 1.29 is 9.53 Å². The summed E-state index contributed by atoms with van der Waals surface area (Å²) in [6.07, 6.45) is 2.67. The molecule has 0 atom stereocenters. The van der Waals surface area contributed by atoms with E-state index < -0.39 is 0 Å². The fraction of sp³-hybridized carbons (Fsp3) is 0.300. The van der Waals surface area contributed by atoms with Crippen LogP contribution in [0.2, 0.25) is 0 Å². The number of aromatic nitrogens is 4.